The third-order valence-electron chi connectivity index (χ3n) is 4.57. The molecule has 0 aromatic carbocycles. The summed E-state index contributed by atoms with van der Waals surface area (Å²) in [5, 5.41) is 11.4. The van der Waals surface area contributed by atoms with E-state index in [2.05, 4.69) is 39.8 Å². The second-order valence-electron chi connectivity index (χ2n) is 7.64. The van der Waals surface area contributed by atoms with Gasteiger partial charge in [-0.2, -0.15) is 0 Å². The third-order valence-corrected chi connectivity index (χ3v) is 4.57. The van der Waals surface area contributed by atoms with E-state index in [1.54, 1.807) is 0 Å². The Balaban J connectivity index is 3.58. The van der Waals surface area contributed by atoms with Crippen LogP contribution in [-0.4, -0.2) is 11.4 Å². The van der Waals surface area contributed by atoms with Gasteiger partial charge in [-0.15, -0.1) is 0 Å². The second-order valence-corrected chi connectivity index (χ2v) is 7.64. The van der Waals surface area contributed by atoms with Gasteiger partial charge in [-0.05, 0) is 43.6 Å². The molecule has 2 unspecified atom stereocenters. The molecule has 0 saturated heterocycles. The van der Waals surface area contributed by atoms with Crippen molar-refractivity contribution in [1.82, 2.24) is 0 Å². The Morgan fingerprint density at radius 3 is 1.86 bits per heavy atom. The smallest absolute Gasteiger partial charge is 0.0660 e. The summed E-state index contributed by atoms with van der Waals surface area (Å²) in [6, 6.07) is 0. The summed E-state index contributed by atoms with van der Waals surface area (Å²) < 4.78 is 0. The molecule has 0 rings (SSSR count). The fraction of sp³-hybridized carbons (Fsp3) is 0.850. The number of allylic oxidation sites excluding steroid dienone is 2. The fourth-order valence-corrected chi connectivity index (χ4v) is 2.95. The van der Waals surface area contributed by atoms with Crippen molar-refractivity contribution in [3.05, 3.63) is 11.6 Å². The molecule has 0 aromatic heterocycles. The van der Waals surface area contributed by atoms with Crippen LogP contribution in [-0.2, 0) is 0 Å². The van der Waals surface area contributed by atoms with Crippen molar-refractivity contribution in [3.8, 4) is 0 Å². The second kappa shape index (κ2) is 13.8. The summed E-state index contributed by atoms with van der Waals surface area (Å²) in [5.74, 6) is 2.59. The molecular formula is C20H39NO. The van der Waals surface area contributed by atoms with E-state index in [1.807, 2.05) is 6.08 Å². The van der Waals surface area contributed by atoms with E-state index < -0.39 is 0 Å². The molecule has 2 nitrogen and oxygen atoms in total. The Morgan fingerprint density at radius 2 is 1.36 bits per heavy atom. The normalized spacial score (nSPS) is 15.6. The van der Waals surface area contributed by atoms with Gasteiger partial charge in [0.05, 0.1) is 6.21 Å². The van der Waals surface area contributed by atoms with Crippen LogP contribution in [0.1, 0.15) is 92.4 Å². The molecule has 0 saturated carbocycles. The van der Waals surface area contributed by atoms with Crippen molar-refractivity contribution >= 4 is 6.21 Å². The van der Waals surface area contributed by atoms with Gasteiger partial charge in [-0.25, -0.2) is 0 Å². The van der Waals surface area contributed by atoms with Gasteiger partial charge in [0.25, 0.3) is 0 Å². The summed E-state index contributed by atoms with van der Waals surface area (Å²) in [5.41, 5.74) is 1.30. The first kappa shape index (κ1) is 21.2. The van der Waals surface area contributed by atoms with Gasteiger partial charge in [-0.3, -0.25) is 0 Å². The zero-order valence-electron chi connectivity index (χ0n) is 15.6. The minimum Gasteiger partial charge on any atom is -0.411 e. The molecule has 1 N–H and O–H groups in total. The Morgan fingerprint density at radius 1 is 0.864 bits per heavy atom. The van der Waals surface area contributed by atoms with Crippen molar-refractivity contribution < 1.29 is 5.21 Å². The monoisotopic (exact) mass is 309 g/mol. The van der Waals surface area contributed by atoms with Gasteiger partial charge in [0.15, 0.2) is 0 Å². The van der Waals surface area contributed by atoms with Crippen LogP contribution in [0.15, 0.2) is 16.8 Å². The maximum absolute atomic E-state index is 8.38. The van der Waals surface area contributed by atoms with Crippen LogP contribution in [0.4, 0.5) is 0 Å². The molecular weight excluding hydrogens is 270 g/mol. The van der Waals surface area contributed by atoms with E-state index in [9.17, 15) is 0 Å². The van der Waals surface area contributed by atoms with E-state index in [0.29, 0.717) is 0 Å². The first-order valence-corrected chi connectivity index (χ1v) is 9.28. The largest absolute Gasteiger partial charge is 0.411 e. The molecule has 22 heavy (non-hydrogen) atoms. The van der Waals surface area contributed by atoms with Crippen LogP contribution in [0.5, 0.6) is 0 Å². The standard InChI is InChI=1S/C20H39NO/c1-17(2)9-6-10-18(3)11-7-12-19(4)13-8-14-20(5)15-16-21-22/h15-19,22H,6-14H2,1-5H3/b20-15+,21-16-. The highest BCUT2D eigenvalue weighted by atomic mass is 16.4. The molecule has 0 aromatic rings. The zero-order valence-corrected chi connectivity index (χ0v) is 15.6. The van der Waals surface area contributed by atoms with E-state index in [4.69, 9.17) is 5.21 Å². The van der Waals surface area contributed by atoms with Crippen LogP contribution in [0.2, 0.25) is 0 Å². The lowest BCUT2D eigenvalue weighted by molar-refractivity contribution is 0.322. The molecule has 2 atom stereocenters. The summed E-state index contributed by atoms with van der Waals surface area (Å²) >= 11 is 0. The zero-order chi connectivity index (χ0) is 16.8. The first-order chi connectivity index (χ1) is 10.5. The van der Waals surface area contributed by atoms with Crippen molar-refractivity contribution in [3.63, 3.8) is 0 Å². The van der Waals surface area contributed by atoms with Gasteiger partial charge < -0.3 is 5.21 Å². The minimum atomic E-state index is 0.835. The average molecular weight is 310 g/mol. The minimum absolute atomic E-state index is 0.835. The van der Waals surface area contributed by atoms with Crippen molar-refractivity contribution in [2.24, 2.45) is 22.9 Å². The maximum atomic E-state index is 8.38. The molecule has 0 spiro atoms. The number of hydrogen-bond acceptors (Lipinski definition) is 2. The molecule has 0 bridgehead atoms. The van der Waals surface area contributed by atoms with E-state index in [0.717, 1.165) is 24.2 Å². The Bertz CT molecular complexity index is 307. The Kier molecular flexibility index (Phi) is 13.3. The van der Waals surface area contributed by atoms with Crippen LogP contribution in [0, 0.1) is 17.8 Å². The lowest BCUT2D eigenvalue weighted by Gasteiger charge is -2.15. The molecule has 0 radical (unpaired) electrons. The Labute approximate surface area is 139 Å². The molecule has 0 fully saturated rings. The van der Waals surface area contributed by atoms with Crippen LogP contribution in [0.3, 0.4) is 0 Å². The van der Waals surface area contributed by atoms with Gasteiger partial charge in [-0.1, -0.05) is 83.4 Å². The number of nitrogens with zero attached hydrogens (tertiary/aromatic N) is 1. The lowest BCUT2D eigenvalue weighted by Crippen LogP contribution is -2.00. The SMILES string of the molecule is C/C(=C\C=N/O)CCCC(C)CCCC(C)CCCC(C)C. The van der Waals surface area contributed by atoms with Gasteiger partial charge in [0.1, 0.15) is 0 Å². The quantitative estimate of drug-likeness (QED) is 0.226. The van der Waals surface area contributed by atoms with Crippen LogP contribution >= 0.6 is 0 Å². The first-order valence-electron chi connectivity index (χ1n) is 9.28. The third kappa shape index (κ3) is 14.2. The number of hydrogen-bond donors (Lipinski definition) is 1. The van der Waals surface area contributed by atoms with Gasteiger partial charge in [0.2, 0.25) is 0 Å². The molecule has 0 heterocycles. The van der Waals surface area contributed by atoms with E-state index >= 15 is 0 Å². The molecule has 130 valence electrons. The van der Waals surface area contributed by atoms with Crippen molar-refractivity contribution in [2.45, 2.75) is 92.4 Å². The highest BCUT2D eigenvalue weighted by Crippen LogP contribution is 2.21. The highest BCUT2D eigenvalue weighted by molar-refractivity contribution is 5.71. The molecule has 0 aliphatic carbocycles. The number of oxime groups is 1. The number of rotatable bonds is 13. The molecule has 0 amide bonds. The van der Waals surface area contributed by atoms with Gasteiger partial charge in [0, 0.05) is 0 Å². The lowest BCUT2D eigenvalue weighted by atomic mass is 9.91. The van der Waals surface area contributed by atoms with Crippen molar-refractivity contribution in [1.29, 1.82) is 0 Å². The predicted octanol–water partition coefficient (Wildman–Crippen LogP) is 6.83. The summed E-state index contributed by atoms with van der Waals surface area (Å²) in [6.07, 6.45) is 15.4. The fourth-order valence-electron chi connectivity index (χ4n) is 2.95. The van der Waals surface area contributed by atoms with E-state index in [1.165, 1.54) is 63.2 Å². The summed E-state index contributed by atoms with van der Waals surface area (Å²) in [7, 11) is 0. The van der Waals surface area contributed by atoms with Crippen LogP contribution < -0.4 is 0 Å². The van der Waals surface area contributed by atoms with Crippen LogP contribution in [0.25, 0.3) is 0 Å². The van der Waals surface area contributed by atoms with Crippen molar-refractivity contribution in [2.75, 3.05) is 0 Å². The average Bonchev–Trinajstić information content (AvgIpc) is 2.44. The van der Waals surface area contributed by atoms with Gasteiger partial charge >= 0.3 is 0 Å². The summed E-state index contributed by atoms with van der Waals surface area (Å²) in [6.45, 7) is 11.5. The topological polar surface area (TPSA) is 32.6 Å². The summed E-state index contributed by atoms with van der Waals surface area (Å²) in [4.78, 5) is 0. The molecule has 0 aliphatic rings. The van der Waals surface area contributed by atoms with E-state index in [-0.39, 0.29) is 0 Å². The Hall–Kier alpha value is -0.790. The predicted molar refractivity (Wildman–Crippen MR) is 98.8 cm³/mol. The molecule has 2 heteroatoms. The highest BCUT2D eigenvalue weighted by Gasteiger charge is 2.06. The maximum Gasteiger partial charge on any atom is 0.0660 e. The molecule has 0 aliphatic heterocycles.